The van der Waals surface area contributed by atoms with Gasteiger partial charge in [-0.1, -0.05) is 17.7 Å². The summed E-state index contributed by atoms with van der Waals surface area (Å²) in [5.41, 5.74) is 5.39. The van der Waals surface area contributed by atoms with E-state index < -0.39 is 12.1 Å². The molecule has 2 aromatic carbocycles. The molecule has 0 spiro atoms. The predicted octanol–water partition coefficient (Wildman–Crippen LogP) is 4.59. The molecule has 0 unspecified atom stereocenters. The van der Waals surface area contributed by atoms with Gasteiger partial charge in [0.05, 0.1) is 5.56 Å². The first-order valence-electron chi connectivity index (χ1n) is 9.19. The predicted molar refractivity (Wildman–Crippen MR) is 110 cm³/mol. The lowest BCUT2D eigenvalue weighted by atomic mass is 10.2. The molecule has 1 N–H and O–H groups in total. The molecule has 1 amide bonds. The fraction of sp³-hybridized carbons (Fsp3) is 0.217. The van der Waals surface area contributed by atoms with Gasteiger partial charge >= 0.3 is 5.97 Å². The summed E-state index contributed by atoms with van der Waals surface area (Å²) in [5.74, 6) is -0.897. The van der Waals surface area contributed by atoms with Crippen LogP contribution in [0.2, 0.25) is 0 Å². The summed E-state index contributed by atoms with van der Waals surface area (Å²) in [7, 11) is 0. The van der Waals surface area contributed by atoms with Crippen molar-refractivity contribution in [2.75, 3.05) is 5.32 Å². The van der Waals surface area contributed by atoms with Crippen molar-refractivity contribution in [2.24, 2.45) is 0 Å². The van der Waals surface area contributed by atoms with Gasteiger partial charge in [0.2, 0.25) is 0 Å². The molecule has 1 heterocycles. The largest absolute Gasteiger partial charge is 0.449 e. The lowest BCUT2D eigenvalue weighted by Gasteiger charge is -2.14. The van der Waals surface area contributed by atoms with E-state index in [4.69, 9.17) is 4.74 Å². The van der Waals surface area contributed by atoms with Gasteiger partial charge in [-0.25, -0.2) is 4.79 Å². The van der Waals surface area contributed by atoms with E-state index in [1.54, 1.807) is 19.1 Å². The van der Waals surface area contributed by atoms with Crippen molar-refractivity contribution in [2.45, 2.75) is 33.8 Å². The van der Waals surface area contributed by atoms with Gasteiger partial charge in [0, 0.05) is 22.8 Å². The van der Waals surface area contributed by atoms with E-state index in [0.717, 1.165) is 22.6 Å². The van der Waals surface area contributed by atoms with Gasteiger partial charge in [-0.15, -0.1) is 0 Å². The van der Waals surface area contributed by atoms with Gasteiger partial charge in [0.15, 0.2) is 6.10 Å². The number of rotatable bonds is 5. The van der Waals surface area contributed by atoms with E-state index in [0.29, 0.717) is 11.3 Å². The third-order valence-corrected chi connectivity index (χ3v) is 4.60. The Morgan fingerprint density at radius 1 is 0.857 bits per heavy atom. The number of benzene rings is 2. The van der Waals surface area contributed by atoms with Crippen LogP contribution in [-0.4, -0.2) is 22.5 Å². The molecule has 5 heteroatoms. The molecule has 0 aliphatic rings. The van der Waals surface area contributed by atoms with E-state index in [-0.39, 0.29) is 5.91 Å². The van der Waals surface area contributed by atoms with Crippen LogP contribution in [0.3, 0.4) is 0 Å². The van der Waals surface area contributed by atoms with E-state index in [1.165, 1.54) is 0 Å². The molecule has 0 saturated heterocycles. The molecule has 0 aliphatic heterocycles. The number of aryl methyl sites for hydroxylation is 3. The number of amides is 1. The summed E-state index contributed by atoms with van der Waals surface area (Å²) in [6, 6.07) is 18.7. The molecule has 0 fully saturated rings. The molecule has 3 aromatic rings. The van der Waals surface area contributed by atoms with Crippen molar-refractivity contribution in [3.63, 3.8) is 0 Å². The lowest BCUT2D eigenvalue weighted by Crippen LogP contribution is -2.30. The molecular weight excluding hydrogens is 352 g/mol. The Morgan fingerprint density at radius 3 is 2.00 bits per heavy atom. The van der Waals surface area contributed by atoms with Gasteiger partial charge < -0.3 is 14.6 Å². The maximum atomic E-state index is 12.4. The summed E-state index contributed by atoms with van der Waals surface area (Å²) in [5, 5.41) is 2.75. The highest BCUT2D eigenvalue weighted by Crippen LogP contribution is 2.17. The highest BCUT2D eigenvalue weighted by molar-refractivity contribution is 5.97. The molecule has 3 rings (SSSR count). The fourth-order valence-corrected chi connectivity index (χ4v) is 2.99. The Balaban J connectivity index is 1.63. The van der Waals surface area contributed by atoms with Gasteiger partial charge in [-0.05, 0) is 76.2 Å². The minimum atomic E-state index is -0.901. The Kier molecular flexibility index (Phi) is 5.64. The Labute approximate surface area is 165 Å². The molecule has 1 atom stereocenters. The van der Waals surface area contributed by atoms with Crippen LogP contribution in [0.5, 0.6) is 0 Å². The first-order chi connectivity index (χ1) is 13.3. The summed E-state index contributed by atoms with van der Waals surface area (Å²) < 4.78 is 7.42. The average molecular weight is 376 g/mol. The molecule has 144 valence electrons. The average Bonchev–Trinajstić information content (AvgIpc) is 3.02. The monoisotopic (exact) mass is 376 g/mol. The molecule has 1 aromatic heterocycles. The van der Waals surface area contributed by atoms with Crippen LogP contribution in [0.1, 0.15) is 34.2 Å². The van der Waals surface area contributed by atoms with Gasteiger partial charge in [0.1, 0.15) is 0 Å². The zero-order valence-corrected chi connectivity index (χ0v) is 16.5. The molecule has 0 bridgehead atoms. The van der Waals surface area contributed by atoms with Crippen LogP contribution >= 0.6 is 0 Å². The van der Waals surface area contributed by atoms with Crippen LogP contribution in [0.15, 0.2) is 60.7 Å². The Hall–Kier alpha value is -3.34. The molecule has 28 heavy (non-hydrogen) atoms. The van der Waals surface area contributed by atoms with Crippen molar-refractivity contribution < 1.29 is 14.3 Å². The van der Waals surface area contributed by atoms with Crippen LogP contribution in [0.4, 0.5) is 5.69 Å². The zero-order chi connectivity index (χ0) is 20.3. The van der Waals surface area contributed by atoms with Gasteiger partial charge in [0.25, 0.3) is 5.91 Å². The Morgan fingerprint density at radius 2 is 1.43 bits per heavy atom. The molecule has 5 nitrogen and oxygen atoms in total. The third-order valence-electron chi connectivity index (χ3n) is 4.60. The summed E-state index contributed by atoms with van der Waals surface area (Å²) in [4.78, 5) is 24.6. The highest BCUT2D eigenvalue weighted by Gasteiger charge is 2.19. The zero-order valence-electron chi connectivity index (χ0n) is 16.5. The molecule has 0 aliphatic carbocycles. The van der Waals surface area contributed by atoms with Crippen LogP contribution < -0.4 is 5.32 Å². The van der Waals surface area contributed by atoms with Crippen LogP contribution in [-0.2, 0) is 9.53 Å². The molecule has 0 radical (unpaired) electrons. The standard InChI is InChI=1S/C23H24N2O3/c1-15-5-11-20(12-6-15)24-22(26)18(4)28-23(27)19-9-13-21(14-10-19)25-16(2)7-8-17(25)3/h5-14,18H,1-4H3,(H,24,26)/t18-/m1/s1. The number of nitrogens with one attached hydrogen (secondary N) is 1. The quantitative estimate of drug-likeness (QED) is 0.663. The van der Waals surface area contributed by atoms with Crippen molar-refractivity contribution in [1.29, 1.82) is 0 Å². The smallest absolute Gasteiger partial charge is 0.338 e. The number of anilines is 1. The number of hydrogen-bond acceptors (Lipinski definition) is 3. The fourth-order valence-electron chi connectivity index (χ4n) is 2.99. The second-order valence-corrected chi connectivity index (χ2v) is 6.90. The maximum absolute atomic E-state index is 12.4. The van der Waals surface area contributed by atoms with Gasteiger partial charge in [-0.3, -0.25) is 4.79 Å². The summed E-state index contributed by atoms with van der Waals surface area (Å²) in [6.07, 6.45) is -0.901. The molecule has 0 saturated carbocycles. The number of carbonyl (C=O) groups excluding carboxylic acids is 2. The van der Waals surface area contributed by atoms with E-state index in [1.807, 2.05) is 69.3 Å². The van der Waals surface area contributed by atoms with Gasteiger partial charge in [-0.2, -0.15) is 0 Å². The van der Waals surface area contributed by atoms with Crippen molar-refractivity contribution >= 4 is 17.6 Å². The van der Waals surface area contributed by atoms with Crippen molar-refractivity contribution in [1.82, 2.24) is 4.57 Å². The van der Waals surface area contributed by atoms with E-state index in [9.17, 15) is 9.59 Å². The number of hydrogen-bond donors (Lipinski definition) is 1. The summed E-state index contributed by atoms with van der Waals surface area (Å²) >= 11 is 0. The normalized spacial score (nSPS) is 11.7. The van der Waals surface area contributed by atoms with Crippen LogP contribution in [0, 0.1) is 20.8 Å². The number of carbonyl (C=O) groups is 2. The number of aromatic nitrogens is 1. The second kappa shape index (κ2) is 8.13. The lowest BCUT2D eigenvalue weighted by molar-refractivity contribution is -0.123. The third kappa shape index (κ3) is 4.31. The minimum Gasteiger partial charge on any atom is -0.449 e. The number of esters is 1. The highest BCUT2D eigenvalue weighted by atomic mass is 16.5. The van der Waals surface area contributed by atoms with E-state index >= 15 is 0 Å². The van der Waals surface area contributed by atoms with Crippen molar-refractivity contribution in [3.05, 3.63) is 83.2 Å². The van der Waals surface area contributed by atoms with E-state index in [2.05, 4.69) is 9.88 Å². The van der Waals surface area contributed by atoms with Crippen molar-refractivity contribution in [3.8, 4) is 5.69 Å². The maximum Gasteiger partial charge on any atom is 0.338 e. The second-order valence-electron chi connectivity index (χ2n) is 6.90. The van der Waals surface area contributed by atoms with Crippen LogP contribution in [0.25, 0.3) is 5.69 Å². The topological polar surface area (TPSA) is 60.3 Å². The molecular formula is C23H24N2O3. The first kappa shape index (κ1) is 19.4. The number of nitrogens with zero attached hydrogens (tertiary/aromatic N) is 1. The SMILES string of the molecule is Cc1ccc(NC(=O)[C@@H](C)OC(=O)c2ccc(-n3c(C)ccc3C)cc2)cc1. The first-order valence-corrected chi connectivity index (χ1v) is 9.19. The summed E-state index contributed by atoms with van der Waals surface area (Å²) in [6.45, 7) is 7.59. The minimum absolute atomic E-state index is 0.368. The number of ether oxygens (including phenoxy) is 1. The Bertz CT molecular complexity index is 966.